The minimum absolute atomic E-state index is 0.0428. The van der Waals surface area contributed by atoms with Crippen LogP contribution in [0.3, 0.4) is 0 Å². The van der Waals surface area contributed by atoms with Gasteiger partial charge in [0.15, 0.2) is 5.82 Å². The quantitative estimate of drug-likeness (QED) is 0.215. The van der Waals surface area contributed by atoms with Gasteiger partial charge in [0, 0.05) is 48.7 Å². The highest BCUT2D eigenvalue weighted by atomic mass is 19.1. The summed E-state index contributed by atoms with van der Waals surface area (Å²) in [5.41, 5.74) is 3.38. The highest BCUT2D eigenvalue weighted by Gasteiger charge is 2.35. The Labute approximate surface area is 266 Å². The predicted molar refractivity (Wildman–Crippen MR) is 172 cm³/mol. The number of aromatic amines is 1. The molecule has 4 heterocycles. The van der Waals surface area contributed by atoms with Crippen LogP contribution in [-0.4, -0.2) is 86.9 Å². The zero-order valence-electron chi connectivity index (χ0n) is 26.5. The summed E-state index contributed by atoms with van der Waals surface area (Å²) < 4.78 is 30.9. The normalized spacial score (nSPS) is 19.7. The molecule has 3 amide bonds. The number of H-pyrrole nitrogens is 1. The number of amides is 3. The number of nitrogens with one attached hydrogen (secondary N) is 3. The van der Waals surface area contributed by atoms with Crippen LogP contribution in [0.15, 0.2) is 36.4 Å². The molecule has 2 aromatic carbocycles. The van der Waals surface area contributed by atoms with Gasteiger partial charge in [-0.05, 0) is 88.4 Å². The van der Waals surface area contributed by atoms with Gasteiger partial charge in [-0.1, -0.05) is 6.92 Å². The Balaban J connectivity index is 1.40. The molecular formula is C34H41F2N7O3. The second-order valence-corrected chi connectivity index (χ2v) is 12.5. The third-order valence-electron chi connectivity index (χ3n) is 9.70. The van der Waals surface area contributed by atoms with Crippen molar-refractivity contribution < 1.29 is 23.2 Å². The molecule has 6 rings (SSSR count). The van der Waals surface area contributed by atoms with Crippen LogP contribution in [0.5, 0.6) is 0 Å². The molecule has 2 fully saturated rings. The average molecular weight is 634 g/mol. The average Bonchev–Trinajstić information content (AvgIpc) is 3.85. The number of hydrogen-bond donors (Lipinski definition) is 3. The van der Waals surface area contributed by atoms with E-state index in [1.54, 1.807) is 31.0 Å². The highest BCUT2D eigenvalue weighted by Crippen LogP contribution is 2.36. The van der Waals surface area contributed by atoms with E-state index in [0.717, 1.165) is 48.6 Å². The number of benzene rings is 2. The molecule has 0 radical (unpaired) electrons. The zero-order chi connectivity index (χ0) is 32.5. The number of likely N-dealkylation sites (tertiary alicyclic amines) is 2. The van der Waals surface area contributed by atoms with Gasteiger partial charge in [-0.2, -0.15) is 0 Å². The van der Waals surface area contributed by atoms with E-state index in [0.29, 0.717) is 55.0 Å². The maximum atomic E-state index is 14.5. The first-order valence-corrected chi connectivity index (χ1v) is 16.2. The molecule has 12 heteroatoms. The minimum atomic E-state index is -0.647. The smallest absolute Gasteiger partial charge is 0.245 e. The predicted octanol–water partition coefficient (Wildman–Crippen LogP) is 4.12. The Morgan fingerprint density at radius 1 is 1.09 bits per heavy atom. The summed E-state index contributed by atoms with van der Waals surface area (Å²) in [4.78, 5) is 50.3. The van der Waals surface area contributed by atoms with Crippen molar-refractivity contribution >= 4 is 40.2 Å². The second-order valence-electron chi connectivity index (χ2n) is 12.5. The summed E-state index contributed by atoms with van der Waals surface area (Å²) in [6.07, 6.45) is 5.15. The first-order chi connectivity index (χ1) is 22.2. The van der Waals surface area contributed by atoms with E-state index < -0.39 is 17.9 Å². The van der Waals surface area contributed by atoms with Crippen LogP contribution >= 0.6 is 0 Å². The molecule has 2 aromatic heterocycles. The lowest BCUT2D eigenvalue weighted by Gasteiger charge is -2.30. The first-order valence-electron chi connectivity index (χ1n) is 16.2. The van der Waals surface area contributed by atoms with Crippen molar-refractivity contribution in [1.29, 1.82) is 0 Å². The Morgan fingerprint density at radius 3 is 2.59 bits per heavy atom. The Kier molecular flexibility index (Phi) is 9.08. The summed E-state index contributed by atoms with van der Waals surface area (Å²) in [5, 5.41) is 6.63. The fourth-order valence-electron chi connectivity index (χ4n) is 7.05. The number of halogens is 2. The fraction of sp³-hybridized carbons (Fsp3) is 0.471. The Bertz CT molecular complexity index is 1770. The molecule has 0 saturated carbocycles. The lowest BCUT2D eigenvalue weighted by molar-refractivity contribution is -0.137. The summed E-state index contributed by atoms with van der Waals surface area (Å²) in [5.74, 6) is -0.567. The molecule has 4 aromatic rings. The number of nitrogens with zero attached hydrogens (tertiary/aromatic N) is 4. The summed E-state index contributed by atoms with van der Waals surface area (Å²) in [6, 6.07) is 7.84. The van der Waals surface area contributed by atoms with Crippen LogP contribution in [0.2, 0.25) is 0 Å². The van der Waals surface area contributed by atoms with Gasteiger partial charge in [0.1, 0.15) is 17.7 Å². The topological polar surface area (TPSA) is 115 Å². The number of carbonyl (C=O) groups is 3. The lowest BCUT2D eigenvalue weighted by atomic mass is 9.99. The van der Waals surface area contributed by atoms with Gasteiger partial charge in [0.05, 0.1) is 22.8 Å². The van der Waals surface area contributed by atoms with Crippen LogP contribution in [0.25, 0.3) is 33.5 Å². The molecule has 3 N–H and O–H groups in total. The monoisotopic (exact) mass is 633 g/mol. The van der Waals surface area contributed by atoms with Gasteiger partial charge in [-0.15, -0.1) is 0 Å². The standard InChI is InChI=1S/C34H41F2N7O3/c1-4-27(40-33(45)20(2)37-3)34(46)42-14-6-7-23(42)17-26-25-11-9-21(35)15-28(25)38-31(26)32-39-29-16-22(36)10-12-30(29)43(32)18-24-8-5-13-41(24)19-44/h9-12,15-16,19-20,23-24,27,37-38H,4-8,13-14,17-18H2,1-3H3,(H,40,45). The molecule has 244 valence electrons. The number of fused-ring (bicyclic) bond motifs is 2. The van der Waals surface area contributed by atoms with E-state index in [1.807, 2.05) is 16.4 Å². The molecule has 10 nitrogen and oxygen atoms in total. The van der Waals surface area contributed by atoms with Crippen molar-refractivity contribution in [3.8, 4) is 11.5 Å². The summed E-state index contributed by atoms with van der Waals surface area (Å²) in [6.45, 7) is 5.35. The number of carbonyl (C=O) groups excluding carboxylic acids is 3. The van der Waals surface area contributed by atoms with Gasteiger partial charge in [0.25, 0.3) is 0 Å². The molecule has 2 aliphatic heterocycles. The van der Waals surface area contributed by atoms with Crippen molar-refractivity contribution in [3.63, 3.8) is 0 Å². The maximum Gasteiger partial charge on any atom is 0.245 e. The lowest BCUT2D eigenvalue weighted by Crippen LogP contribution is -2.53. The van der Waals surface area contributed by atoms with Crippen molar-refractivity contribution in [2.75, 3.05) is 20.1 Å². The van der Waals surface area contributed by atoms with E-state index >= 15 is 0 Å². The van der Waals surface area contributed by atoms with Crippen LogP contribution in [-0.2, 0) is 27.3 Å². The van der Waals surface area contributed by atoms with Crippen LogP contribution in [0.4, 0.5) is 8.78 Å². The number of imidazole rings is 1. The van der Waals surface area contributed by atoms with E-state index in [9.17, 15) is 23.2 Å². The van der Waals surface area contributed by atoms with Gasteiger partial charge in [-0.25, -0.2) is 13.8 Å². The first kappa shape index (κ1) is 31.7. The molecule has 4 unspecified atom stereocenters. The van der Waals surface area contributed by atoms with Crippen LogP contribution < -0.4 is 10.6 Å². The van der Waals surface area contributed by atoms with Gasteiger partial charge in [-0.3, -0.25) is 14.4 Å². The Morgan fingerprint density at radius 2 is 1.83 bits per heavy atom. The third-order valence-corrected chi connectivity index (χ3v) is 9.70. The second kappa shape index (κ2) is 13.2. The zero-order valence-corrected chi connectivity index (χ0v) is 26.5. The van der Waals surface area contributed by atoms with E-state index in [-0.39, 0.29) is 29.7 Å². The number of likely N-dealkylation sites (N-methyl/N-ethyl adjacent to an activating group) is 1. The van der Waals surface area contributed by atoms with E-state index in [2.05, 4.69) is 15.6 Å². The van der Waals surface area contributed by atoms with Crippen molar-refractivity contribution in [3.05, 3.63) is 53.6 Å². The number of aromatic nitrogens is 3. The molecule has 0 bridgehead atoms. The van der Waals surface area contributed by atoms with Crippen LogP contribution in [0, 0.1) is 11.6 Å². The van der Waals surface area contributed by atoms with Gasteiger partial charge >= 0.3 is 0 Å². The molecule has 2 saturated heterocycles. The highest BCUT2D eigenvalue weighted by molar-refractivity contribution is 5.92. The minimum Gasteiger partial charge on any atom is -0.352 e. The largest absolute Gasteiger partial charge is 0.352 e. The molecule has 2 aliphatic rings. The molecule has 4 atom stereocenters. The maximum absolute atomic E-state index is 14.5. The summed E-state index contributed by atoms with van der Waals surface area (Å²) >= 11 is 0. The molecular weight excluding hydrogens is 592 g/mol. The molecule has 46 heavy (non-hydrogen) atoms. The van der Waals surface area contributed by atoms with Crippen molar-refractivity contribution in [2.45, 2.75) is 83.1 Å². The van der Waals surface area contributed by atoms with Gasteiger partial charge < -0.3 is 30.0 Å². The van der Waals surface area contributed by atoms with Crippen LogP contribution in [0.1, 0.15) is 51.5 Å². The van der Waals surface area contributed by atoms with E-state index in [1.165, 1.54) is 24.3 Å². The fourth-order valence-corrected chi connectivity index (χ4v) is 7.05. The van der Waals surface area contributed by atoms with Crippen molar-refractivity contribution in [2.24, 2.45) is 0 Å². The van der Waals surface area contributed by atoms with Gasteiger partial charge in [0.2, 0.25) is 18.2 Å². The molecule has 0 spiro atoms. The number of hydrogen-bond acceptors (Lipinski definition) is 5. The Hall–Kier alpha value is -4.32. The SMILES string of the molecule is CCC(NC(=O)C(C)NC)C(=O)N1CCCC1Cc1c(-c2nc3cc(F)ccc3n2CC2CCCN2C=O)[nH]c2cc(F)ccc12. The van der Waals surface area contributed by atoms with Crippen molar-refractivity contribution in [1.82, 2.24) is 35.0 Å². The number of rotatable bonds is 11. The molecule has 0 aliphatic carbocycles. The van der Waals surface area contributed by atoms with E-state index in [4.69, 9.17) is 4.98 Å². The summed E-state index contributed by atoms with van der Waals surface area (Å²) in [7, 11) is 1.70. The third kappa shape index (κ3) is 5.97.